The molecule has 0 radical (unpaired) electrons. The van der Waals surface area contributed by atoms with E-state index in [1.807, 2.05) is 0 Å². The van der Waals surface area contributed by atoms with Gasteiger partial charge >= 0.3 is 5.69 Å². The Kier molecular flexibility index (Phi) is 4.16. The molecule has 1 N–H and O–H groups in total. The Morgan fingerprint density at radius 2 is 2.14 bits per heavy atom. The van der Waals surface area contributed by atoms with Crippen molar-refractivity contribution in [3.8, 4) is 0 Å². The van der Waals surface area contributed by atoms with E-state index in [0.29, 0.717) is 18.8 Å². The molecule has 1 aromatic carbocycles. The lowest BCUT2D eigenvalue weighted by Gasteiger charge is -2.38. The van der Waals surface area contributed by atoms with Crippen LogP contribution < -0.4 is 5.32 Å². The fourth-order valence-corrected chi connectivity index (χ4v) is 2.88. The van der Waals surface area contributed by atoms with Gasteiger partial charge in [0.2, 0.25) is 0 Å². The van der Waals surface area contributed by atoms with Crippen LogP contribution in [0.2, 0.25) is 0 Å². The van der Waals surface area contributed by atoms with Gasteiger partial charge in [-0.3, -0.25) is 14.9 Å². The summed E-state index contributed by atoms with van der Waals surface area (Å²) in [5, 5.41) is 14.1. The molecule has 2 rings (SSSR count). The number of carbonyl (C=O) groups is 1. The first-order chi connectivity index (χ1) is 9.85. The maximum Gasteiger partial charge on any atom is 0.305 e. The van der Waals surface area contributed by atoms with Crippen LogP contribution in [0.1, 0.15) is 37.0 Å². The highest BCUT2D eigenvalue weighted by molar-refractivity contribution is 6.00. The van der Waals surface area contributed by atoms with Crippen LogP contribution in [0.25, 0.3) is 0 Å². The number of nitro benzene ring substituents is 1. The number of hydrogen-bond donors (Lipinski definition) is 1. The van der Waals surface area contributed by atoms with Crippen LogP contribution in [0.3, 0.4) is 0 Å². The van der Waals surface area contributed by atoms with E-state index in [1.54, 1.807) is 24.1 Å². The third-order valence-electron chi connectivity index (χ3n) is 3.91. The number of rotatable bonds is 3. The van der Waals surface area contributed by atoms with E-state index in [2.05, 4.69) is 19.2 Å². The number of amides is 1. The average Bonchev–Trinajstić information content (AvgIpc) is 2.44. The van der Waals surface area contributed by atoms with Crippen molar-refractivity contribution in [2.24, 2.45) is 5.41 Å². The number of carbonyl (C=O) groups excluding carboxylic acids is 1. The van der Waals surface area contributed by atoms with E-state index in [4.69, 9.17) is 0 Å². The van der Waals surface area contributed by atoms with Crippen molar-refractivity contribution in [3.63, 3.8) is 0 Å². The number of piperidine rings is 1. The number of hydrogen-bond acceptors (Lipinski definition) is 4. The molecule has 1 aliphatic heterocycles. The molecule has 1 aliphatic rings. The number of para-hydroxylation sites is 1. The summed E-state index contributed by atoms with van der Waals surface area (Å²) >= 11 is 0. The largest absolute Gasteiger partial charge is 0.383 e. The average molecular weight is 291 g/mol. The minimum Gasteiger partial charge on any atom is -0.383 e. The van der Waals surface area contributed by atoms with E-state index < -0.39 is 4.92 Å². The molecule has 0 unspecified atom stereocenters. The summed E-state index contributed by atoms with van der Waals surface area (Å²) in [6.45, 7) is 5.52. The van der Waals surface area contributed by atoms with Gasteiger partial charge in [0.05, 0.1) is 4.92 Å². The molecule has 1 heterocycles. The van der Waals surface area contributed by atoms with E-state index in [0.717, 1.165) is 12.8 Å². The fourth-order valence-electron chi connectivity index (χ4n) is 2.88. The highest BCUT2D eigenvalue weighted by atomic mass is 16.6. The molecule has 1 aromatic rings. The summed E-state index contributed by atoms with van der Waals surface area (Å²) in [5.74, 6) is -0.258. The highest BCUT2D eigenvalue weighted by Gasteiger charge is 2.33. The molecule has 1 saturated heterocycles. The van der Waals surface area contributed by atoms with Crippen molar-refractivity contribution in [2.45, 2.75) is 26.7 Å². The normalized spacial score (nSPS) is 17.4. The smallest absolute Gasteiger partial charge is 0.305 e. The number of anilines is 1. The Labute approximate surface area is 124 Å². The Bertz CT molecular complexity index is 569. The first-order valence-corrected chi connectivity index (χ1v) is 7.10. The zero-order valence-corrected chi connectivity index (χ0v) is 12.7. The van der Waals surface area contributed by atoms with Gasteiger partial charge in [0.25, 0.3) is 5.91 Å². The molecular weight excluding hydrogens is 270 g/mol. The molecular formula is C15H21N3O3. The predicted octanol–water partition coefficient (Wildman–Crippen LogP) is 2.90. The van der Waals surface area contributed by atoms with Gasteiger partial charge < -0.3 is 10.2 Å². The second-order valence-electron chi connectivity index (χ2n) is 6.20. The van der Waals surface area contributed by atoms with Crippen LogP contribution in [0, 0.1) is 15.5 Å². The first kappa shape index (κ1) is 15.3. The molecule has 114 valence electrons. The monoisotopic (exact) mass is 291 g/mol. The summed E-state index contributed by atoms with van der Waals surface area (Å²) in [5.41, 5.74) is 0.434. The summed E-state index contributed by atoms with van der Waals surface area (Å²) in [6, 6.07) is 4.80. The minimum atomic E-state index is -0.492. The Hall–Kier alpha value is -2.11. The van der Waals surface area contributed by atoms with E-state index in [9.17, 15) is 14.9 Å². The lowest BCUT2D eigenvalue weighted by Crippen LogP contribution is -2.43. The van der Waals surface area contributed by atoms with Gasteiger partial charge in [0, 0.05) is 20.1 Å². The molecule has 0 bridgehead atoms. The summed E-state index contributed by atoms with van der Waals surface area (Å²) in [7, 11) is 1.61. The number of nitro groups is 1. The fraction of sp³-hybridized carbons (Fsp3) is 0.533. The highest BCUT2D eigenvalue weighted by Crippen LogP contribution is 2.33. The van der Waals surface area contributed by atoms with Crippen LogP contribution in [-0.4, -0.2) is 35.9 Å². The van der Waals surface area contributed by atoms with Gasteiger partial charge in [-0.2, -0.15) is 0 Å². The van der Waals surface area contributed by atoms with Crippen molar-refractivity contribution in [1.82, 2.24) is 4.90 Å². The maximum absolute atomic E-state index is 12.7. The molecule has 0 saturated carbocycles. The topological polar surface area (TPSA) is 75.5 Å². The second-order valence-corrected chi connectivity index (χ2v) is 6.20. The van der Waals surface area contributed by atoms with Crippen molar-refractivity contribution in [3.05, 3.63) is 33.9 Å². The van der Waals surface area contributed by atoms with Gasteiger partial charge in [-0.25, -0.2) is 0 Å². The van der Waals surface area contributed by atoms with Crippen molar-refractivity contribution in [2.75, 3.05) is 25.5 Å². The third-order valence-corrected chi connectivity index (χ3v) is 3.91. The number of benzene rings is 1. The Morgan fingerprint density at radius 3 is 2.71 bits per heavy atom. The summed E-state index contributed by atoms with van der Waals surface area (Å²) < 4.78 is 0. The molecule has 1 amide bonds. The molecule has 0 atom stereocenters. The van der Waals surface area contributed by atoms with E-state index in [1.165, 1.54) is 6.07 Å². The zero-order chi connectivity index (χ0) is 15.6. The van der Waals surface area contributed by atoms with Crippen molar-refractivity contribution >= 4 is 17.3 Å². The van der Waals surface area contributed by atoms with Crippen LogP contribution in [-0.2, 0) is 0 Å². The summed E-state index contributed by atoms with van der Waals surface area (Å²) in [4.78, 5) is 25.2. The molecule has 6 heteroatoms. The standard InChI is InChI=1S/C15H21N3O3/c1-15(2)8-5-9-17(10-15)14(19)11-6-4-7-12(16-3)13(11)18(20)21/h4,6-7,16H,5,8-10H2,1-3H3. The minimum absolute atomic E-state index is 0.0588. The van der Waals surface area contributed by atoms with Crippen LogP contribution in [0.5, 0.6) is 0 Å². The Morgan fingerprint density at radius 1 is 1.43 bits per heavy atom. The van der Waals surface area contributed by atoms with Gasteiger partial charge in [-0.15, -0.1) is 0 Å². The van der Waals surface area contributed by atoms with Gasteiger partial charge in [-0.05, 0) is 30.4 Å². The third kappa shape index (κ3) is 3.15. The molecule has 1 fully saturated rings. The lowest BCUT2D eigenvalue weighted by molar-refractivity contribution is -0.384. The molecule has 0 spiro atoms. The van der Waals surface area contributed by atoms with Crippen molar-refractivity contribution < 1.29 is 9.72 Å². The lowest BCUT2D eigenvalue weighted by atomic mass is 9.84. The molecule has 0 aromatic heterocycles. The zero-order valence-electron chi connectivity index (χ0n) is 12.7. The maximum atomic E-state index is 12.7. The van der Waals surface area contributed by atoms with E-state index >= 15 is 0 Å². The molecule has 21 heavy (non-hydrogen) atoms. The summed E-state index contributed by atoms with van der Waals surface area (Å²) in [6.07, 6.45) is 1.99. The van der Waals surface area contributed by atoms with Crippen LogP contribution in [0.15, 0.2) is 18.2 Å². The van der Waals surface area contributed by atoms with E-state index in [-0.39, 0.29) is 22.6 Å². The number of likely N-dealkylation sites (tertiary alicyclic amines) is 1. The van der Waals surface area contributed by atoms with Crippen LogP contribution >= 0.6 is 0 Å². The van der Waals surface area contributed by atoms with Gasteiger partial charge in [-0.1, -0.05) is 19.9 Å². The number of nitrogens with one attached hydrogen (secondary N) is 1. The SMILES string of the molecule is CNc1cccc(C(=O)N2CCCC(C)(C)C2)c1[N+](=O)[O-]. The van der Waals surface area contributed by atoms with Gasteiger partial charge in [0.15, 0.2) is 0 Å². The van der Waals surface area contributed by atoms with Gasteiger partial charge in [0.1, 0.15) is 11.3 Å². The second kappa shape index (κ2) is 5.71. The number of nitrogens with zero attached hydrogens (tertiary/aromatic N) is 2. The quantitative estimate of drug-likeness (QED) is 0.686. The van der Waals surface area contributed by atoms with Crippen molar-refractivity contribution in [1.29, 1.82) is 0 Å². The molecule has 6 nitrogen and oxygen atoms in total. The predicted molar refractivity (Wildman–Crippen MR) is 81.6 cm³/mol. The first-order valence-electron chi connectivity index (χ1n) is 7.10. The molecule has 0 aliphatic carbocycles. The van der Waals surface area contributed by atoms with Crippen LogP contribution in [0.4, 0.5) is 11.4 Å². The Balaban J connectivity index is 2.37.